The van der Waals surface area contributed by atoms with E-state index in [4.69, 9.17) is 15.0 Å². The molecule has 1 aliphatic rings. The monoisotopic (exact) mass is 592 g/mol. The quantitative estimate of drug-likeness (QED) is 0.257. The lowest BCUT2D eigenvalue weighted by molar-refractivity contribution is -0.118. The summed E-state index contributed by atoms with van der Waals surface area (Å²) in [7, 11) is 1.65. The number of carbonyl (C=O) groups excluding carboxylic acids is 1. The average Bonchev–Trinajstić information content (AvgIpc) is 3.55. The molecule has 0 bridgehead atoms. The number of amides is 1. The van der Waals surface area contributed by atoms with Crippen molar-refractivity contribution in [3.05, 3.63) is 118 Å². The van der Waals surface area contributed by atoms with E-state index >= 15 is 0 Å². The first-order valence-electron chi connectivity index (χ1n) is 12.8. The van der Waals surface area contributed by atoms with Crippen LogP contribution >= 0.6 is 15.9 Å². The van der Waals surface area contributed by atoms with Crippen molar-refractivity contribution >= 4 is 27.5 Å². The minimum Gasteiger partial charge on any atom is -0.496 e. The number of ether oxygens (including phenoxy) is 1. The van der Waals surface area contributed by atoms with Gasteiger partial charge in [-0.2, -0.15) is 5.26 Å². The second-order valence-electron chi connectivity index (χ2n) is 9.62. The van der Waals surface area contributed by atoms with Gasteiger partial charge < -0.3 is 18.8 Å². The predicted octanol–water partition coefficient (Wildman–Crippen LogP) is 5.58. The Labute approximate surface area is 240 Å². The van der Waals surface area contributed by atoms with Gasteiger partial charge in [0.25, 0.3) is 0 Å². The number of rotatable bonds is 6. The predicted molar refractivity (Wildman–Crippen MR) is 155 cm³/mol. The normalized spacial score (nSPS) is 12.3. The number of nitrogens with zero attached hydrogens (tertiary/aromatic N) is 6. The summed E-state index contributed by atoms with van der Waals surface area (Å²) in [4.78, 5) is 25.0. The molecule has 0 atom stereocenters. The van der Waals surface area contributed by atoms with Crippen LogP contribution < -0.4 is 9.64 Å². The zero-order valence-electron chi connectivity index (χ0n) is 21.8. The molecular weight excluding hydrogens is 568 g/mol. The number of para-hydroxylation sites is 1. The number of nitriles is 1. The van der Waals surface area contributed by atoms with Crippen molar-refractivity contribution in [3.63, 3.8) is 0 Å². The van der Waals surface area contributed by atoms with E-state index in [1.165, 1.54) is 0 Å². The Bertz CT molecular complexity index is 1750. The molecule has 0 unspecified atom stereocenters. The number of anilines is 1. The fourth-order valence-electron chi connectivity index (χ4n) is 5.03. The van der Waals surface area contributed by atoms with Crippen molar-refractivity contribution in [2.75, 3.05) is 12.0 Å². The highest BCUT2D eigenvalue weighted by Crippen LogP contribution is 2.34. The summed E-state index contributed by atoms with van der Waals surface area (Å²) < 4.78 is 10.6. The Hall–Kier alpha value is -4.68. The molecule has 1 aliphatic heterocycles. The number of hydrogen-bond acceptors (Lipinski definition) is 5. The Morgan fingerprint density at radius 1 is 1.10 bits per heavy atom. The summed E-state index contributed by atoms with van der Waals surface area (Å²) >= 11 is 3.59. The number of imidazole rings is 2. The molecule has 1 amide bonds. The van der Waals surface area contributed by atoms with E-state index in [1.807, 2.05) is 70.3 Å². The van der Waals surface area contributed by atoms with Crippen LogP contribution in [0.1, 0.15) is 28.2 Å². The minimum absolute atomic E-state index is 0.0452. The molecule has 5 aromatic rings. The molecule has 3 heterocycles. The molecule has 9 heteroatoms. The van der Waals surface area contributed by atoms with E-state index in [9.17, 15) is 4.79 Å². The molecule has 3 aromatic carbocycles. The third-order valence-electron chi connectivity index (χ3n) is 7.09. The molecule has 40 heavy (non-hydrogen) atoms. The van der Waals surface area contributed by atoms with Gasteiger partial charge in [0.15, 0.2) is 0 Å². The van der Waals surface area contributed by atoms with Crippen LogP contribution in [0.15, 0.2) is 89.9 Å². The van der Waals surface area contributed by atoms with Crippen molar-refractivity contribution in [2.24, 2.45) is 0 Å². The number of carbonyl (C=O) groups is 1. The first kappa shape index (κ1) is 25.6. The van der Waals surface area contributed by atoms with Gasteiger partial charge in [-0.3, -0.25) is 4.79 Å². The lowest BCUT2D eigenvalue weighted by Gasteiger charge is -2.23. The van der Waals surface area contributed by atoms with Gasteiger partial charge >= 0.3 is 0 Å². The van der Waals surface area contributed by atoms with Crippen molar-refractivity contribution in [1.29, 1.82) is 5.26 Å². The average molecular weight is 593 g/mol. The summed E-state index contributed by atoms with van der Waals surface area (Å²) in [5.74, 6) is 1.51. The van der Waals surface area contributed by atoms with Crippen LogP contribution in [0.25, 0.3) is 11.3 Å². The van der Waals surface area contributed by atoms with Gasteiger partial charge in [-0.1, -0.05) is 46.3 Å². The number of fused-ring (bicyclic) bond motifs is 2. The van der Waals surface area contributed by atoms with Gasteiger partial charge in [0, 0.05) is 34.7 Å². The van der Waals surface area contributed by atoms with E-state index in [2.05, 4.69) is 31.6 Å². The van der Waals surface area contributed by atoms with E-state index in [-0.39, 0.29) is 12.3 Å². The molecule has 0 saturated heterocycles. The Kier molecular flexibility index (Phi) is 6.93. The van der Waals surface area contributed by atoms with Crippen LogP contribution in [0.2, 0.25) is 0 Å². The molecule has 198 valence electrons. The highest BCUT2D eigenvalue weighted by atomic mass is 79.9. The Balaban J connectivity index is 1.31. The topological polar surface area (TPSA) is 89.0 Å². The van der Waals surface area contributed by atoms with Crippen molar-refractivity contribution in [2.45, 2.75) is 26.1 Å². The lowest BCUT2D eigenvalue weighted by Crippen LogP contribution is -2.32. The van der Waals surface area contributed by atoms with E-state index in [1.54, 1.807) is 31.8 Å². The van der Waals surface area contributed by atoms with E-state index < -0.39 is 0 Å². The largest absolute Gasteiger partial charge is 0.496 e. The standard InChI is InChI=1S/C31H25BrN6O2/c1-40-29-5-3-2-4-26(29)27-18-36-17-23-10-11-24(32)12-28(23)38(19-30(36)35-27)31(39)13-25-15-34-20-37(25)16-22-8-6-21(14-33)7-9-22/h2-12,15,18,20H,13,16-17,19H2,1H3. The summed E-state index contributed by atoms with van der Waals surface area (Å²) in [5, 5.41) is 9.08. The smallest absolute Gasteiger partial charge is 0.233 e. The van der Waals surface area contributed by atoms with Crippen LogP contribution in [0.5, 0.6) is 5.75 Å². The Morgan fingerprint density at radius 3 is 2.73 bits per heavy atom. The summed E-state index contributed by atoms with van der Waals surface area (Å²) in [6.07, 6.45) is 5.68. The summed E-state index contributed by atoms with van der Waals surface area (Å²) in [6, 6.07) is 23.4. The Morgan fingerprint density at radius 2 is 1.93 bits per heavy atom. The van der Waals surface area contributed by atoms with Crippen LogP contribution in [-0.2, 0) is 30.8 Å². The fraction of sp³-hybridized carbons (Fsp3) is 0.161. The lowest BCUT2D eigenvalue weighted by atomic mass is 10.1. The molecule has 0 saturated carbocycles. The highest BCUT2D eigenvalue weighted by molar-refractivity contribution is 9.10. The van der Waals surface area contributed by atoms with Gasteiger partial charge in [0.1, 0.15) is 11.6 Å². The van der Waals surface area contributed by atoms with Crippen LogP contribution in [0.4, 0.5) is 5.69 Å². The number of benzene rings is 3. The van der Waals surface area contributed by atoms with Crippen molar-refractivity contribution in [1.82, 2.24) is 19.1 Å². The zero-order chi connectivity index (χ0) is 27.6. The maximum Gasteiger partial charge on any atom is 0.233 e. The zero-order valence-corrected chi connectivity index (χ0v) is 23.4. The SMILES string of the molecule is COc1ccccc1-c1cn2c(n1)CN(C(=O)Cc1cncn1Cc1ccc(C#N)cc1)c1cc(Br)ccc1C2. The van der Waals surface area contributed by atoms with E-state index in [0.717, 1.165) is 49.8 Å². The van der Waals surface area contributed by atoms with Crippen LogP contribution in [0, 0.1) is 11.3 Å². The molecule has 0 aliphatic carbocycles. The third-order valence-corrected chi connectivity index (χ3v) is 7.58. The van der Waals surface area contributed by atoms with E-state index in [0.29, 0.717) is 25.2 Å². The molecule has 2 aromatic heterocycles. The number of aromatic nitrogens is 4. The molecule has 0 spiro atoms. The summed E-state index contributed by atoms with van der Waals surface area (Å²) in [5.41, 5.74) is 6.07. The second-order valence-corrected chi connectivity index (χ2v) is 10.5. The molecule has 8 nitrogen and oxygen atoms in total. The van der Waals surface area contributed by atoms with Gasteiger partial charge in [-0.15, -0.1) is 0 Å². The van der Waals surface area contributed by atoms with Crippen LogP contribution in [0.3, 0.4) is 0 Å². The number of halogens is 1. The first-order valence-corrected chi connectivity index (χ1v) is 13.6. The van der Waals surface area contributed by atoms with Crippen LogP contribution in [-0.4, -0.2) is 32.1 Å². The third kappa shape index (κ3) is 5.01. The molecule has 0 fully saturated rings. The van der Waals surface area contributed by atoms with Gasteiger partial charge in [-0.05, 0) is 47.5 Å². The van der Waals surface area contributed by atoms with Crippen molar-refractivity contribution < 1.29 is 9.53 Å². The summed E-state index contributed by atoms with van der Waals surface area (Å²) in [6.45, 7) is 1.49. The van der Waals surface area contributed by atoms with Gasteiger partial charge in [0.05, 0.1) is 56.0 Å². The maximum absolute atomic E-state index is 13.9. The molecule has 0 radical (unpaired) electrons. The van der Waals surface area contributed by atoms with Gasteiger partial charge in [-0.25, -0.2) is 9.97 Å². The van der Waals surface area contributed by atoms with Crippen molar-refractivity contribution in [3.8, 4) is 23.1 Å². The molecule has 6 rings (SSSR count). The highest BCUT2D eigenvalue weighted by Gasteiger charge is 2.27. The first-order chi connectivity index (χ1) is 19.5. The number of hydrogen-bond donors (Lipinski definition) is 0. The number of methoxy groups -OCH3 is 1. The molecule has 0 N–H and O–H groups in total. The minimum atomic E-state index is -0.0452. The fourth-order valence-corrected chi connectivity index (χ4v) is 5.38. The second kappa shape index (κ2) is 10.8. The maximum atomic E-state index is 13.9. The van der Waals surface area contributed by atoms with Gasteiger partial charge in [0.2, 0.25) is 5.91 Å². The molecular formula is C31H25BrN6O2.